The fourth-order valence-corrected chi connectivity index (χ4v) is 8.78. The molecule has 0 amide bonds. The Kier molecular flexibility index (Phi) is 8.48. The number of aromatic hydroxyl groups is 1. The van der Waals surface area contributed by atoms with Crippen LogP contribution in [0.5, 0.6) is 5.75 Å². The quantitative estimate of drug-likeness (QED) is 0.178. The summed E-state index contributed by atoms with van der Waals surface area (Å²) < 4.78 is 0. The van der Waals surface area contributed by atoms with Crippen molar-refractivity contribution in [3.63, 3.8) is 0 Å². The molecule has 0 atom stereocenters. The normalized spacial score (nSPS) is 13.6. The van der Waals surface area contributed by atoms with Crippen molar-refractivity contribution in [2.45, 2.75) is 77.6 Å². The molecule has 8 aromatic rings. The van der Waals surface area contributed by atoms with Gasteiger partial charge in [0.05, 0.1) is 28.0 Å². The van der Waals surface area contributed by atoms with Gasteiger partial charge in [0.15, 0.2) is 0 Å². The van der Waals surface area contributed by atoms with Crippen LogP contribution in [0.2, 0.25) is 0 Å². The number of aromatic nitrogens is 3. The summed E-state index contributed by atoms with van der Waals surface area (Å²) in [5.74, 6) is 0.651. The molecule has 1 aliphatic rings. The average Bonchev–Trinajstić information content (AvgIpc) is 3.49. The van der Waals surface area contributed by atoms with Crippen LogP contribution in [0.15, 0.2) is 140 Å². The number of hydrogen-bond donors (Lipinski definition) is 1. The number of pyridine rings is 1. The van der Waals surface area contributed by atoms with E-state index >= 15 is 0 Å². The van der Waals surface area contributed by atoms with Gasteiger partial charge in [-0.1, -0.05) is 146 Å². The summed E-state index contributed by atoms with van der Waals surface area (Å²) in [5, 5.41) is 14.4. The molecule has 2 heterocycles. The van der Waals surface area contributed by atoms with Crippen LogP contribution in [0.3, 0.4) is 0 Å². The Hall–Kier alpha value is -6.13. The van der Waals surface area contributed by atoms with Crippen LogP contribution < -0.4 is 0 Å². The Morgan fingerprint density at radius 2 is 1.26 bits per heavy atom. The van der Waals surface area contributed by atoms with E-state index in [9.17, 15) is 5.11 Å². The number of benzene rings is 6. The van der Waals surface area contributed by atoms with Gasteiger partial charge in [-0.25, -0.2) is 9.97 Å². The largest absolute Gasteiger partial charge is 0.507 e. The number of rotatable bonds is 5. The third-order valence-corrected chi connectivity index (χ3v) is 12.0. The number of hydrogen-bond acceptors (Lipinski definition) is 4. The minimum absolute atomic E-state index is 0.0857. The number of phenols is 1. The molecule has 0 saturated heterocycles. The molecule has 0 unspecified atom stereocenters. The van der Waals surface area contributed by atoms with E-state index in [-0.39, 0.29) is 16.6 Å². The van der Waals surface area contributed by atoms with Gasteiger partial charge in [-0.2, -0.15) is 0 Å². The Morgan fingerprint density at radius 1 is 0.579 bits per heavy atom. The molecule has 9 rings (SSSR count). The summed E-state index contributed by atoms with van der Waals surface area (Å²) in [7, 11) is 0. The lowest BCUT2D eigenvalue weighted by Crippen LogP contribution is -2.31. The molecule has 57 heavy (non-hydrogen) atoms. The Morgan fingerprint density at radius 3 is 1.93 bits per heavy atom. The summed E-state index contributed by atoms with van der Waals surface area (Å²) >= 11 is 0. The SMILES string of the molecule is CC(C)c1ccc2cc3c(-c4cccc(C5(c6cccc(-c7ccccc7O)n6)c6cc(C(C)(C)C)ccc6-c6ccc(C(C)(C)C)cc65)c4)ncnc3cc2c1. The van der Waals surface area contributed by atoms with Gasteiger partial charge in [0.25, 0.3) is 0 Å². The molecule has 1 aliphatic carbocycles. The van der Waals surface area contributed by atoms with Gasteiger partial charge in [0.2, 0.25) is 0 Å². The lowest BCUT2D eigenvalue weighted by molar-refractivity contribution is 0.477. The molecule has 6 aromatic carbocycles. The summed E-state index contributed by atoms with van der Waals surface area (Å²) in [6.45, 7) is 18.1. The second-order valence-corrected chi connectivity index (χ2v) is 18.1. The maximum Gasteiger partial charge on any atom is 0.124 e. The van der Waals surface area contributed by atoms with Crippen LogP contribution in [-0.2, 0) is 16.2 Å². The highest BCUT2D eigenvalue weighted by Crippen LogP contribution is 2.57. The molecule has 0 bridgehead atoms. The third-order valence-electron chi connectivity index (χ3n) is 12.0. The van der Waals surface area contributed by atoms with Crippen LogP contribution in [0.1, 0.15) is 100 Å². The monoisotopic (exact) mass is 743 g/mol. The Bertz CT molecular complexity index is 2810. The van der Waals surface area contributed by atoms with E-state index < -0.39 is 5.41 Å². The smallest absolute Gasteiger partial charge is 0.124 e. The van der Waals surface area contributed by atoms with Gasteiger partial charge in [0, 0.05) is 16.5 Å². The van der Waals surface area contributed by atoms with E-state index in [1.54, 1.807) is 12.4 Å². The first-order chi connectivity index (χ1) is 27.2. The maximum atomic E-state index is 11.1. The molecule has 1 N–H and O–H groups in total. The van der Waals surface area contributed by atoms with E-state index in [2.05, 4.69) is 159 Å². The second-order valence-electron chi connectivity index (χ2n) is 18.1. The van der Waals surface area contributed by atoms with E-state index in [0.29, 0.717) is 11.5 Å². The van der Waals surface area contributed by atoms with Crippen molar-refractivity contribution in [2.24, 2.45) is 0 Å². The molecule has 4 nitrogen and oxygen atoms in total. The molecule has 0 radical (unpaired) electrons. The highest BCUT2D eigenvalue weighted by Gasteiger charge is 2.48. The molecule has 282 valence electrons. The van der Waals surface area contributed by atoms with Crippen molar-refractivity contribution in [1.29, 1.82) is 0 Å². The minimum Gasteiger partial charge on any atom is -0.507 e. The molecule has 0 saturated carbocycles. The zero-order valence-electron chi connectivity index (χ0n) is 34.1. The molecule has 2 aromatic heterocycles. The fourth-order valence-electron chi connectivity index (χ4n) is 8.78. The zero-order chi connectivity index (χ0) is 39.9. The average molecular weight is 744 g/mol. The summed E-state index contributed by atoms with van der Waals surface area (Å²) in [5.41, 5.74) is 14.0. The number of nitrogens with zero attached hydrogens (tertiary/aromatic N) is 3. The van der Waals surface area contributed by atoms with Crippen molar-refractivity contribution in [1.82, 2.24) is 15.0 Å². The van der Waals surface area contributed by atoms with E-state index in [1.807, 2.05) is 24.3 Å². The van der Waals surface area contributed by atoms with Crippen LogP contribution in [0.4, 0.5) is 0 Å². The van der Waals surface area contributed by atoms with Gasteiger partial charge >= 0.3 is 0 Å². The number of fused-ring (bicyclic) bond motifs is 5. The standard InChI is InChI=1S/C53H49N3O/c1-32(2)33-19-20-34-27-43-47(28-36(34)25-33)54-31-55-50(43)35-13-11-14-39(26-35)53(49-18-12-16-46(56-49)42-15-9-10-17-48(42)57)44-29-37(51(3,4)5)21-23-40(44)41-24-22-38(30-45(41)53)52(6,7)8/h9-32,57H,1-8H3. The Labute approximate surface area is 336 Å². The van der Waals surface area contributed by atoms with Crippen LogP contribution in [-0.4, -0.2) is 20.1 Å². The first-order valence-electron chi connectivity index (χ1n) is 20.1. The summed E-state index contributed by atoms with van der Waals surface area (Å²) in [6.07, 6.45) is 1.70. The van der Waals surface area contributed by atoms with Crippen molar-refractivity contribution < 1.29 is 5.11 Å². The molecule has 0 spiro atoms. The van der Waals surface area contributed by atoms with Crippen LogP contribution >= 0.6 is 0 Å². The van der Waals surface area contributed by atoms with Crippen molar-refractivity contribution in [3.05, 3.63) is 179 Å². The lowest BCUT2D eigenvalue weighted by Gasteiger charge is -2.35. The van der Waals surface area contributed by atoms with Gasteiger partial charge in [-0.05, 0) is 114 Å². The molecule has 0 aliphatic heterocycles. The van der Waals surface area contributed by atoms with Gasteiger partial charge in [0.1, 0.15) is 12.1 Å². The topological polar surface area (TPSA) is 58.9 Å². The van der Waals surface area contributed by atoms with Gasteiger partial charge < -0.3 is 5.11 Å². The predicted molar refractivity (Wildman–Crippen MR) is 236 cm³/mol. The maximum absolute atomic E-state index is 11.1. The number of phenolic OH excluding ortho intramolecular Hbond substituents is 1. The molecular formula is C53H49N3O. The minimum atomic E-state index is -0.799. The van der Waals surface area contributed by atoms with Gasteiger partial charge in [-0.15, -0.1) is 0 Å². The zero-order valence-corrected chi connectivity index (χ0v) is 34.1. The first-order valence-corrected chi connectivity index (χ1v) is 20.1. The predicted octanol–water partition coefficient (Wildman–Crippen LogP) is 13.3. The van der Waals surface area contributed by atoms with E-state index in [4.69, 9.17) is 15.0 Å². The lowest BCUT2D eigenvalue weighted by atomic mass is 9.67. The van der Waals surface area contributed by atoms with Crippen LogP contribution in [0, 0.1) is 0 Å². The highest BCUT2D eigenvalue weighted by atomic mass is 16.3. The fraction of sp³-hybridized carbons (Fsp3) is 0.226. The molecule has 4 heteroatoms. The van der Waals surface area contributed by atoms with E-state index in [1.165, 1.54) is 49.7 Å². The highest BCUT2D eigenvalue weighted by molar-refractivity contribution is 6.02. The first kappa shape index (κ1) is 36.5. The molecule has 0 fully saturated rings. The number of para-hydroxylation sites is 1. The summed E-state index contributed by atoms with van der Waals surface area (Å²) in [4.78, 5) is 15.3. The van der Waals surface area contributed by atoms with Crippen molar-refractivity contribution in [3.8, 4) is 39.4 Å². The Balaban J connectivity index is 1.36. The van der Waals surface area contributed by atoms with E-state index in [0.717, 1.165) is 39.1 Å². The molecular weight excluding hydrogens is 695 g/mol. The van der Waals surface area contributed by atoms with Crippen LogP contribution in [0.25, 0.3) is 55.3 Å². The third kappa shape index (κ3) is 6.01. The van der Waals surface area contributed by atoms with Crippen molar-refractivity contribution in [2.75, 3.05) is 0 Å². The summed E-state index contributed by atoms with van der Waals surface area (Å²) in [6, 6.07) is 47.9. The van der Waals surface area contributed by atoms with Crippen molar-refractivity contribution >= 4 is 21.7 Å². The van der Waals surface area contributed by atoms with Gasteiger partial charge in [-0.3, -0.25) is 4.98 Å². The second kappa shape index (κ2) is 13.2.